The van der Waals surface area contributed by atoms with E-state index in [1.807, 2.05) is 19.2 Å². The number of nitrogens with two attached hydrogens (primary N) is 1. The highest BCUT2D eigenvalue weighted by Gasteiger charge is 2.04. The summed E-state index contributed by atoms with van der Waals surface area (Å²) in [5.41, 5.74) is 8.61. The molecule has 2 aromatic heterocycles. The first-order valence-corrected chi connectivity index (χ1v) is 4.46. The number of hydrogen-bond donors (Lipinski definition) is 2. The largest absolute Gasteiger partial charge is 0.341 e. The maximum absolute atomic E-state index is 5.50. The van der Waals surface area contributed by atoms with Gasteiger partial charge in [0.2, 0.25) is 0 Å². The Labute approximate surface area is 82.2 Å². The summed E-state index contributed by atoms with van der Waals surface area (Å²) in [4.78, 5) is 11.4. The highest BCUT2D eigenvalue weighted by Crippen LogP contribution is 2.18. The molecule has 0 unspecified atom stereocenters. The van der Waals surface area contributed by atoms with Crippen molar-refractivity contribution < 1.29 is 0 Å². The summed E-state index contributed by atoms with van der Waals surface area (Å²) in [6, 6.07) is 1.94. The number of aromatic amines is 1. The number of pyridine rings is 1. The Balaban J connectivity index is 2.44. The molecule has 0 saturated carbocycles. The molecular formula is C10H12N4. The normalized spacial score (nSPS) is 10.4. The Hall–Kier alpha value is -1.68. The average molecular weight is 188 g/mol. The summed E-state index contributed by atoms with van der Waals surface area (Å²) in [5, 5.41) is 0. The summed E-state index contributed by atoms with van der Waals surface area (Å²) in [6.45, 7) is 2.49. The van der Waals surface area contributed by atoms with Crippen LogP contribution in [0.25, 0.3) is 11.4 Å². The summed E-state index contributed by atoms with van der Waals surface area (Å²) in [5.74, 6) is 0.852. The molecule has 4 heteroatoms. The van der Waals surface area contributed by atoms with Crippen LogP contribution in [0.1, 0.15) is 11.3 Å². The number of aryl methyl sites for hydroxylation is 1. The molecule has 4 nitrogen and oxygen atoms in total. The van der Waals surface area contributed by atoms with Crippen LogP contribution in [0.2, 0.25) is 0 Å². The van der Waals surface area contributed by atoms with Crippen LogP contribution < -0.4 is 5.73 Å². The van der Waals surface area contributed by atoms with E-state index in [1.165, 1.54) is 0 Å². The highest BCUT2D eigenvalue weighted by atomic mass is 14.9. The maximum atomic E-state index is 5.50. The standard InChI is InChI=1S/C10H12N4/c1-7-5-12-3-2-9(7)10-13-6-8(4-11)14-10/h2-3,5-6H,4,11H2,1H3,(H,13,14). The maximum Gasteiger partial charge on any atom is 0.137 e. The van der Waals surface area contributed by atoms with Gasteiger partial charge in [0.15, 0.2) is 0 Å². The summed E-state index contributed by atoms with van der Waals surface area (Å²) in [6.07, 6.45) is 5.34. The first-order valence-electron chi connectivity index (χ1n) is 4.46. The minimum atomic E-state index is 0.483. The molecule has 2 rings (SSSR count). The van der Waals surface area contributed by atoms with Gasteiger partial charge in [0.1, 0.15) is 5.82 Å². The van der Waals surface area contributed by atoms with Crippen LogP contribution >= 0.6 is 0 Å². The van der Waals surface area contributed by atoms with Gasteiger partial charge in [-0.25, -0.2) is 4.98 Å². The molecule has 0 aromatic carbocycles. The Morgan fingerprint density at radius 1 is 1.43 bits per heavy atom. The Kier molecular flexibility index (Phi) is 2.28. The second kappa shape index (κ2) is 3.59. The van der Waals surface area contributed by atoms with Gasteiger partial charge in [-0.15, -0.1) is 0 Å². The number of imidazole rings is 1. The fourth-order valence-corrected chi connectivity index (χ4v) is 1.34. The monoisotopic (exact) mass is 188 g/mol. The van der Waals surface area contributed by atoms with Crippen LogP contribution in [0, 0.1) is 6.92 Å². The van der Waals surface area contributed by atoms with Crippen molar-refractivity contribution in [3.05, 3.63) is 35.9 Å². The third-order valence-electron chi connectivity index (χ3n) is 2.12. The van der Waals surface area contributed by atoms with Gasteiger partial charge in [-0.1, -0.05) is 0 Å². The number of H-pyrrole nitrogens is 1. The van der Waals surface area contributed by atoms with Crippen LogP contribution in [0.5, 0.6) is 0 Å². The number of rotatable bonds is 2. The second-order valence-corrected chi connectivity index (χ2v) is 3.15. The first-order chi connectivity index (χ1) is 6.81. The third-order valence-corrected chi connectivity index (χ3v) is 2.12. The second-order valence-electron chi connectivity index (χ2n) is 3.15. The number of nitrogens with zero attached hydrogens (tertiary/aromatic N) is 2. The zero-order valence-electron chi connectivity index (χ0n) is 7.99. The van der Waals surface area contributed by atoms with E-state index in [-0.39, 0.29) is 0 Å². The molecule has 2 heterocycles. The molecular weight excluding hydrogens is 176 g/mol. The molecule has 0 atom stereocenters. The molecule has 2 aromatic rings. The zero-order valence-corrected chi connectivity index (χ0v) is 7.99. The molecule has 0 saturated heterocycles. The van der Waals surface area contributed by atoms with E-state index in [1.54, 1.807) is 12.4 Å². The smallest absolute Gasteiger partial charge is 0.137 e. The SMILES string of the molecule is Cc1cnccc1-c1ncc(CN)[nH]1. The number of aromatic nitrogens is 3. The van der Waals surface area contributed by atoms with Crippen LogP contribution in [-0.2, 0) is 6.54 Å². The Morgan fingerprint density at radius 3 is 2.93 bits per heavy atom. The minimum Gasteiger partial charge on any atom is -0.341 e. The molecule has 0 aliphatic rings. The molecule has 72 valence electrons. The van der Waals surface area contributed by atoms with Gasteiger partial charge in [0, 0.05) is 36.4 Å². The van der Waals surface area contributed by atoms with Crippen molar-refractivity contribution >= 4 is 0 Å². The molecule has 0 spiro atoms. The minimum absolute atomic E-state index is 0.483. The molecule has 0 aliphatic carbocycles. The predicted molar refractivity (Wildman–Crippen MR) is 54.4 cm³/mol. The van der Waals surface area contributed by atoms with Gasteiger partial charge in [0.05, 0.1) is 0 Å². The first kappa shape index (κ1) is 8.90. The third kappa shape index (κ3) is 1.52. The van der Waals surface area contributed by atoms with Crippen molar-refractivity contribution in [1.82, 2.24) is 15.0 Å². The molecule has 0 fully saturated rings. The molecule has 14 heavy (non-hydrogen) atoms. The Morgan fingerprint density at radius 2 is 2.29 bits per heavy atom. The predicted octanol–water partition coefficient (Wildman–Crippen LogP) is 1.24. The van der Waals surface area contributed by atoms with Gasteiger partial charge in [-0.05, 0) is 18.6 Å². The molecule has 0 radical (unpaired) electrons. The van der Waals surface area contributed by atoms with Gasteiger partial charge < -0.3 is 10.7 Å². The van der Waals surface area contributed by atoms with E-state index in [2.05, 4.69) is 15.0 Å². The summed E-state index contributed by atoms with van der Waals surface area (Å²) < 4.78 is 0. The fraction of sp³-hybridized carbons (Fsp3) is 0.200. The number of hydrogen-bond acceptors (Lipinski definition) is 3. The van der Waals surface area contributed by atoms with E-state index < -0.39 is 0 Å². The van der Waals surface area contributed by atoms with Crippen molar-refractivity contribution in [2.75, 3.05) is 0 Å². The highest BCUT2D eigenvalue weighted by molar-refractivity contribution is 5.58. The van der Waals surface area contributed by atoms with Crippen LogP contribution in [-0.4, -0.2) is 15.0 Å². The summed E-state index contributed by atoms with van der Waals surface area (Å²) >= 11 is 0. The van der Waals surface area contributed by atoms with Crippen LogP contribution in [0.15, 0.2) is 24.7 Å². The summed E-state index contributed by atoms with van der Waals surface area (Å²) in [7, 11) is 0. The van der Waals surface area contributed by atoms with Crippen LogP contribution in [0.3, 0.4) is 0 Å². The molecule has 0 bridgehead atoms. The fourth-order valence-electron chi connectivity index (χ4n) is 1.34. The van der Waals surface area contributed by atoms with E-state index in [9.17, 15) is 0 Å². The molecule has 3 N–H and O–H groups in total. The molecule has 0 aliphatic heterocycles. The quantitative estimate of drug-likeness (QED) is 0.745. The zero-order chi connectivity index (χ0) is 9.97. The van der Waals surface area contributed by atoms with Gasteiger partial charge in [-0.3, -0.25) is 4.98 Å². The lowest BCUT2D eigenvalue weighted by atomic mass is 10.1. The van der Waals surface area contributed by atoms with Crippen molar-refractivity contribution in [3.63, 3.8) is 0 Å². The van der Waals surface area contributed by atoms with Gasteiger partial charge in [0.25, 0.3) is 0 Å². The van der Waals surface area contributed by atoms with E-state index >= 15 is 0 Å². The lowest BCUT2D eigenvalue weighted by molar-refractivity contribution is 1.01. The Bertz CT molecular complexity index is 433. The topological polar surface area (TPSA) is 67.6 Å². The van der Waals surface area contributed by atoms with Gasteiger partial charge in [-0.2, -0.15) is 0 Å². The van der Waals surface area contributed by atoms with E-state index in [0.29, 0.717) is 6.54 Å². The van der Waals surface area contributed by atoms with Crippen molar-refractivity contribution in [2.24, 2.45) is 5.73 Å². The molecule has 0 amide bonds. The lowest BCUT2D eigenvalue weighted by Gasteiger charge is -2.00. The van der Waals surface area contributed by atoms with Crippen molar-refractivity contribution in [2.45, 2.75) is 13.5 Å². The average Bonchev–Trinajstić information content (AvgIpc) is 2.67. The van der Waals surface area contributed by atoms with Crippen LogP contribution in [0.4, 0.5) is 0 Å². The van der Waals surface area contributed by atoms with Gasteiger partial charge >= 0.3 is 0 Å². The van der Waals surface area contributed by atoms with Crippen molar-refractivity contribution in [3.8, 4) is 11.4 Å². The van der Waals surface area contributed by atoms with Crippen molar-refractivity contribution in [1.29, 1.82) is 0 Å². The lowest BCUT2D eigenvalue weighted by Crippen LogP contribution is -1.95. The number of nitrogens with one attached hydrogen (secondary N) is 1. The van der Waals surface area contributed by atoms with E-state index in [4.69, 9.17) is 5.73 Å². The van der Waals surface area contributed by atoms with E-state index in [0.717, 1.165) is 22.6 Å².